The Morgan fingerprint density at radius 1 is 1.19 bits per heavy atom. The van der Waals surface area contributed by atoms with Gasteiger partial charge in [-0.15, -0.1) is 11.3 Å². The maximum Gasteiger partial charge on any atom is 0.289 e. The Balaban J connectivity index is 2.59. The largest absolute Gasteiger partial charge is 0.302 e. The first-order valence-electron chi connectivity index (χ1n) is 4.29. The van der Waals surface area contributed by atoms with Crippen molar-refractivity contribution in [3.05, 3.63) is 11.1 Å². The second-order valence-corrected chi connectivity index (χ2v) is 3.71. The normalized spacial score (nSPS) is 9.38. The molecule has 0 bridgehead atoms. The molecule has 0 unspecified atom stereocenters. The van der Waals surface area contributed by atoms with Gasteiger partial charge in [-0.3, -0.25) is 25.2 Å². The third kappa shape index (κ3) is 3.65. The number of nitrogens with zero attached hydrogens (tertiary/aromatic N) is 1. The molecule has 0 spiro atoms. The Morgan fingerprint density at radius 3 is 2.44 bits per heavy atom. The van der Waals surface area contributed by atoms with Crippen LogP contribution in [0.2, 0.25) is 0 Å². The molecule has 0 radical (unpaired) electrons. The van der Waals surface area contributed by atoms with E-state index in [1.807, 2.05) is 0 Å². The van der Waals surface area contributed by atoms with E-state index in [1.54, 1.807) is 0 Å². The van der Waals surface area contributed by atoms with E-state index in [1.165, 1.54) is 19.2 Å². The third-order valence-corrected chi connectivity index (χ3v) is 2.13. The molecule has 3 amide bonds. The van der Waals surface area contributed by atoms with Crippen LogP contribution in [0.3, 0.4) is 0 Å². The van der Waals surface area contributed by atoms with Crippen molar-refractivity contribution in [1.82, 2.24) is 15.8 Å². The lowest BCUT2D eigenvalue weighted by Crippen LogP contribution is -2.40. The summed E-state index contributed by atoms with van der Waals surface area (Å²) < 4.78 is 0. The molecule has 0 aromatic carbocycles. The van der Waals surface area contributed by atoms with Crippen LogP contribution in [-0.4, -0.2) is 22.7 Å². The summed E-state index contributed by atoms with van der Waals surface area (Å²) in [5.41, 5.74) is 4.42. The van der Waals surface area contributed by atoms with Crippen LogP contribution < -0.4 is 16.2 Å². The molecule has 1 aromatic rings. The highest BCUT2D eigenvalue weighted by Gasteiger charge is 2.11. The molecule has 16 heavy (non-hydrogen) atoms. The zero-order valence-electron chi connectivity index (χ0n) is 8.66. The van der Waals surface area contributed by atoms with Gasteiger partial charge in [0.15, 0.2) is 5.13 Å². The summed E-state index contributed by atoms with van der Waals surface area (Å²) in [7, 11) is 0. The number of amides is 3. The smallest absolute Gasteiger partial charge is 0.289 e. The number of hydrogen-bond acceptors (Lipinski definition) is 5. The van der Waals surface area contributed by atoms with Gasteiger partial charge < -0.3 is 5.32 Å². The minimum absolute atomic E-state index is 0.127. The molecule has 86 valence electrons. The minimum Gasteiger partial charge on any atom is -0.302 e. The maximum absolute atomic E-state index is 11.4. The molecule has 0 saturated heterocycles. The first kappa shape index (κ1) is 12.1. The van der Waals surface area contributed by atoms with Crippen LogP contribution >= 0.6 is 11.3 Å². The lowest BCUT2D eigenvalue weighted by molar-refractivity contribution is -0.119. The van der Waals surface area contributed by atoms with Crippen LogP contribution in [0.4, 0.5) is 5.13 Å². The predicted molar refractivity (Wildman–Crippen MR) is 57.7 cm³/mol. The molecule has 0 aliphatic carbocycles. The van der Waals surface area contributed by atoms with Gasteiger partial charge in [0.2, 0.25) is 11.8 Å². The van der Waals surface area contributed by atoms with E-state index in [-0.39, 0.29) is 17.5 Å². The number of hydrazine groups is 1. The number of aromatic nitrogens is 1. The zero-order valence-corrected chi connectivity index (χ0v) is 9.47. The van der Waals surface area contributed by atoms with Crippen LogP contribution in [0.25, 0.3) is 0 Å². The number of carbonyl (C=O) groups is 3. The van der Waals surface area contributed by atoms with E-state index in [0.29, 0.717) is 5.13 Å². The molecular formula is C8H10N4O3S. The van der Waals surface area contributed by atoms with Gasteiger partial charge in [0.05, 0.1) is 0 Å². The van der Waals surface area contributed by atoms with Crippen LogP contribution in [0, 0.1) is 0 Å². The molecule has 0 aliphatic rings. The summed E-state index contributed by atoms with van der Waals surface area (Å²) >= 11 is 1.12. The fourth-order valence-electron chi connectivity index (χ4n) is 0.795. The summed E-state index contributed by atoms with van der Waals surface area (Å²) in [5, 5.41) is 4.25. The summed E-state index contributed by atoms with van der Waals surface area (Å²) in [6.45, 7) is 2.61. The number of rotatable bonds is 2. The lowest BCUT2D eigenvalue weighted by atomic mass is 10.5. The Morgan fingerprint density at radius 2 is 1.88 bits per heavy atom. The summed E-state index contributed by atoms with van der Waals surface area (Å²) in [6, 6.07) is 0. The molecule has 1 aromatic heterocycles. The summed E-state index contributed by atoms with van der Waals surface area (Å²) in [6.07, 6.45) is 0. The van der Waals surface area contributed by atoms with Crippen LogP contribution in [-0.2, 0) is 9.59 Å². The molecule has 8 heteroatoms. The van der Waals surface area contributed by atoms with E-state index in [9.17, 15) is 14.4 Å². The molecular weight excluding hydrogens is 232 g/mol. The van der Waals surface area contributed by atoms with Crippen molar-refractivity contribution in [3.63, 3.8) is 0 Å². The van der Waals surface area contributed by atoms with Crippen molar-refractivity contribution in [2.75, 3.05) is 5.32 Å². The van der Waals surface area contributed by atoms with Crippen LogP contribution in [0.5, 0.6) is 0 Å². The van der Waals surface area contributed by atoms with Gasteiger partial charge >= 0.3 is 0 Å². The number of nitrogens with one attached hydrogen (secondary N) is 3. The van der Waals surface area contributed by atoms with E-state index in [0.717, 1.165) is 11.3 Å². The van der Waals surface area contributed by atoms with Gasteiger partial charge in [-0.1, -0.05) is 0 Å². The molecule has 0 fully saturated rings. The fraction of sp³-hybridized carbons (Fsp3) is 0.250. The van der Waals surface area contributed by atoms with E-state index in [4.69, 9.17) is 0 Å². The summed E-state index contributed by atoms with van der Waals surface area (Å²) in [4.78, 5) is 36.4. The average Bonchev–Trinajstić information content (AvgIpc) is 2.61. The van der Waals surface area contributed by atoms with Gasteiger partial charge in [-0.05, 0) is 0 Å². The highest BCUT2D eigenvalue weighted by molar-refractivity contribution is 7.14. The monoisotopic (exact) mass is 242 g/mol. The van der Waals surface area contributed by atoms with E-state index in [2.05, 4.69) is 21.2 Å². The summed E-state index contributed by atoms with van der Waals surface area (Å²) in [5.74, 6) is -1.18. The van der Waals surface area contributed by atoms with Crippen molar-refractivity contribution in [3.8, 4) is 0 Å². The van der Waals surface area contributed by atoms with Gasteiger partial charge in [0.1, 0.15) is 5.69 Å². The van der Waals surface area contributed by atoms with Gasteiger partial charge in [0, 0.05) is 19.2 Å². The molecule has 7 nitrogen and oxygen atoms in total. The molecule has 3 N–H and O–H groups in total. The highest BCUT2D eigenvalue weighted by atomic mass is 32.1. The predicted octanol–water partition coefficient (Wildman–Crippen LogP) is -0.118. The highest BCUT2D eigenvalue weighted by Crippen LogP contribution is 2.14. The number of carbonyl (C=O) groups excluding carboxylic acids is 3. The van der Waals surface area contributed by atoms with E-state index >= 15 is 0 Å². The quantitative estimate of drug-likeness (QED) is 0.629. The van der Waals surface area contributed by atoms with E-state index < -0.39 is 5.91 Å². The molecule has 0 atom stereocenters. The van der Waals surface area contributed by atoms with Crippen LogP contribution in [0.1, 0.15) is 24.3 Å². The Kier molecular flexibility index (Phi) is 3.95. The van der Waals surface area contributed by atoms with Crippen molar-refractivity contribution in [2.45, 2.75) is 13.8 Å². The number of hydrogen-bond donors (Lipinski definition) is 3. The molecule has 0 saturated carbocycles. The second-order valence-electron chi connectivity index (χ2n) is 2.85. The Bertz CT molecular complexity index is 429. The number of thiazole rings is 1. The third-order valence-electron chi connectivity index (χ3n) is 1.37. The van der Waals surface area contributed by atoms with Crippen molar-refractivity contribution in [1.29, 1.82) is 0 Å². The topological polar surface area (TPSA) is 100 Å². The first-order valence-corrected chi connectivity index (χ1v) is 5.17. The maximum atomic E-state index is 11.4. The standard InChI is InChI=1S/C8H10N4O3S/c1-4(13)9-8-10-6(3-16-8)7(15)12-11-5(2)14/h3H,1-2H3,(H,11,14)(H,12,15)(H,9,10,13). The lowest BCUT2D eigenvalue weighted by Gasteiger charge is -2.01. The second kappa shape index (κ2) is 5.21. The molecule has 0 aliphatic heterocycles. The van der Waals surface area contributed by atoms with Gasteiger partial charge in [-0.25, -0.2) is 4.98 Å². The zero-order chi connectivity index (χ0) is 12.1. The SMILES string of the molecule is CC(=O)NNC(=O)c1csc(NC(C)=O)n1. The minimum atomic E-state index is -0.539. The van der Waals surface area contributed by atoms with Crippen molar-refractivity contribution < 1.29 is 14.4 Å². The average molecular weight is 242 g/mol. The van der Waals surface area contributed by atoms with Crippen molar-refractivity contribution >= 4 is 34.2 Å². The fourth-order valence-corrected chi connectivity index (χ4v) is 1.53. The first-order chi connectivity index (χ1) is 7.49. The van der Waals surface area contributed by atoms with Gasteiger partial charge in [-0.2, -0.15) is 0 Å². The molecule has 1 heterocycles. The Hall–Kier alpha value is -1.96. The van der Waals surface area contributed by atoms with Crippen LogP contribution in [0.15, 0.2) is 5.38 Å². The molecule has 1 rings (SSSR count). The van der Waals surface area contributed by atoms with Crippen molar-refractivity contribution in [2.24, 2.45) is 0 Å². The van der Waals surface area contributed by atoms with Gasteiger partial charge in [0.25, 0.3) is 5.91 Å². The Labute approximate surface area is 95.2 Å². The number of anilines is 1.